The number of phenols is 1. The lowest BCUT2D eigenvalue weighted by Crippen LogP contribution is -2.10. The molecule has 0 radical (unpaired) electrons. The molecule has 0 saturated heterocycles. The first-order valence-corrected chi connectivity index (χ1v) is 7.74. The maximum absolute atomic E-state index is 11.1. The van der Waals surface area contributed by atoms with Crippen LogP contribution in [0.25, 0.3) is 0 Å². The number of rotatable bonds is 3. The number of nitro groups is 1. The molecule has 1 N–H and O–H groups in total. The van der Waals surface area contributed by atoms with Crippen molar-refractivity contribution in [3.05, 3.63) is 56.1 Å². The van der Waals surface area contributed by atoms with Crippen molar-refractivity contribution in [3.8, 4) is 5.75 Å². The molecule has 0 amide bonds. The smallest absolute Gasteiger partial charge is 0.299 e. The predicted molar refractivity (Wildman–Crippen MR) is 94.1 cm³/mol. The van der Waals surface area contributed by atoms with E-state index in [9.17, 15) is 15.2 Å². The molecule has 24 heavy (non-hydrogen) atoms. The Balaban J connectivity index is 2.51. The first kappa shape index (κ1) is 18.2. The summed E-state index contributed by atoms with van der Waals surface area (Å²) in [4.78, 5) is 10.5. The van der Waals surface area contributed by atoms with Crippen molar-refractivity contribution in [1.82, 2.24) is 0 Å². The van der Waals surface area contributed by atoms with Crippen LogP contribution in [-0.4, -0.2) is 10.0 Å². The van der Waals surface area contributed by atoms with Gasteiger partial charge in [0.15, 0.2) is 5.69 Å². The Morgan fingerprint density at radius 3 is 2.38 bits per heavy atom. The molecule has 0 aliphatic carbocycles. The molecule has 0 aliphatic heterocycles. The molecule has 2 aromatic carbocycles. The van der Waals surface area contributed by atoms with E-state index >= 15 is 0 Å². The van der Waals surface area contributed by atoms with E-state index in [1.807, 2.05) is 20.8 Å². The van der Waals surface area contributed by atoms with Crippen LogP contribution in [0.3, 0.4) is 0 Å². The third-order valence-electron chi connectivity index (χ3n) is 3.30. The number of phenolic OH excluding ortho intramolecular Hbond substituents is 1. The van der Waals surface area contributed by atoms with Crippen molar-refractivity contribution in [1.29, 1.82) is 0 Å². The summed E-state index contributed by atoms with van der Waals surface area (Å²) >= 11 is 11.8. The Kier molecular flexibility index (Phi) is 5.11. The number of nitro benzene ring substituents is 1. The zero-order valence-electron chi connectivity index (χ0n) is 13.2. The van der Waals surface area contributed by atoms with Crippen LogP contribution in [0.5, 0.6) is 5.75 Å². The molecule has 0 unspecified atom stereocenters. The van der Waals surface area contributed by atoms with Gasteiger partial charge in [-0.3, -0.25) is 10.1 Å². The van der Waals surface area contributed by atoms with Crippen LogP contribution in [0.4, 0.5) is 17.1 Å². The van der Waals surface area contributed by atoms with E-state index in [0.717, 1.165) is 11.6 Å². The zero-order valence-corrected chi connectivity index (χ0v) is 14.8. The average Bonchev–Trinajstić information content (AvgIpc) is 2.45. The lowest BCUT2D eigenvalue weighted by Gasteiger charge is -2.19. The minimum Gasteiger partial charge on any atom is -0.506 e. The largest absolute Gasteiger partial charge is 0.506 e. The summed E-state index contributed by atoms with van der Waals surface area (Å²) in [5.74, 6) is -0.0838. The molecule has 0 aromatic heterocycles. The molecule has 0 heterocycles. The Morgan fingerprint density at radius 2 is 1.79 bits per heavy atom. The van der Waals surface area contributed by atoms with E-state index in [4.69, 9.17) is 23.2 Å². The Hall–Kier alpha value is -2.18. The van der Waals surface area contributed by atoms with Crippen molar-refractivity contribution in [3.63, 3.8) is 0 Å². The van der Waals surface area contributed by atoms with Gasteiger partial charge < -0.3 is 5.11 Å². The Morgan fingerprint density at radius 1 is 1.12 bits per heavy atom. The number of hydrogen-bond acceptors (Lipinski definition) is 5. The molecule has 0 atom stereocenters. The second kappa shape index (κ2) is 6.75. The van der Waals surface area contributed by atoms with Gasteiger partial charge in [0.1, 0.15) is 11.4 Å². The molecule has 6 nitrogen and oxygen atoms in total. The number of aromatic hydroxyl groups is 1. The second-order valence-corrected chi connectivity index (χ2v) is 7.01. The van der Waals surface area contributed by atoms with Gasteiger partial charge in [-0.2, -0.15) is 0 Å². The highest BCUT2D eigenvalue weighted by molar-refractivity contribution is 6.36. The fraction of sp³-hybridized carbons (Fsp3) is 0.250. The highest BCUT2D eigenvalue weighted by atomic mass is 35.5. The van der Waals surface area contributed by atoms with Crippen molar-refractivity contribution in [2.45, 2.75) is 26.2 Å². The first-order chi connectivity index (χ1) is 11.1. The monoisotopic (exact) mass is 367 g/mol. The highest BCUT2D eigenvalue weighted by Crippen LogP contribution is 2.40. The molecule has 2 rings (SSSR count). The zero-order chi connectivity index (χ0) is 18.1. The van der Waals surface area contributed by atoms with Gasteiger partial charge in [0.05, 0.1) is 9.95 Å². The van der Waals surface area contributed by atoms with Gasteiger partial charge in [-0.15, -0.1) is 10.2 Å². The average molecular weight is 368 g/mol. The standard InChI is InChI=1S/C16H15Cl2N3O3/c1-16(2,3)9-4-5-14(22)12(6-9)19-20-15-11(18)7-10(17)8-13(15)21(23)24/h4-8,22H,1-3H3. The van der Waals surface area contributed by atoms with Crippen molar-refractivity contribution in [2.24, 2.45) is 10.2 Å². The van der Waals surface area contributed by atoms with Gasteiger partial charge in [-0.25, -0.2) is 0 Å². The number of hydrogen-bond donors (Lipinski definition) is 1. The van der Waals surface area contributed by atoms with Crippen LogP contribution < -0.4 is 0 Å². The summed E-state index contributed by atoms with van der Waals surface area (Å²) in [7, 11) is 0. The number of nitrogens with zero attached hydrogens (tertiary/aromatic N) is 3. The highest BCUT2D eigenvalue weighted by Gasteiger charge is 2.19. The molecule has 0 saturated carbocycles. The van der Waals surface area contributed by atoms with E-state index in [0.29, 0.717) is 0 Å². The lowest BCUT2D eigenvalue weighted by molar-refractivity contribution is -0.384. The van der Waals surface area contributed by atoms with Gasteiger partial charge in [0.25, 0.3) is 5.69 Å². The second-order valence-electron chi connectivity index (χ2n) is 6.17. The quantitative estimate of drug-likeness (QED) is 0.391. The van der Waals surface area contributed by atoms with E-state index in [1.54, 1.807) is 12.1 Å². The fourth-order valence-corrected chi connectivity index (χ4v) is 2.48. The van der Waals surface area contributed by atoms with Crippen LogP contribution >= 0.6 is 23.2 Å². The maximum Gasteiger partial charge on any atom is 0.299 e. The van der Waals surface area contributed by atoms with Gasteiger partial charge in [-0.1, -0.05) is 50.0 Å². The number of benzene rings is 2. The molecule has 0 aliphatic rings. The van der Waals surface area contributed by atoms with Crippen LogP contribution in [0.15, 0.2) is 40.6 Å². The van der Waals surface area contributed by atoms with Gasteiger partial charge in [0.2, 0.25) is 0 Å². The summed E-state index contributed by atoms with van der Waals surface area (Å²) in [5, 5.41) is 29.0. The van der Waals surface area contributed by atoms with Crippen molar-refractivity contribution in [2.75, 3.05) is 0 Å². The fourth-order valence-electron chi connectivity index (χ4n) is 1.96. The molecule has 0 bridgehead atoms. The third-order valence-corrected chi connectivity index (χ3v) is 3.81. The Labute approximate surface area is 148 Å². The van der Waals surface area contributed by atoms with E-state index in [1.165, 1.54) is 12.1 Å². The summed E-state index contributed by atoms with van der Waals surface area (Å²) in [6, 6.07) is 7.45. The Bertz CT molecular complexity index is 830. The number of halogens is 2. The van der Waals surface area contributed by atoms with E-state index in [-0.39, 0.29) is 38.3 Å². The van der Waals surface area contributed by atoms with Crippen LogP contribution in [0.1, 0.15) is 26.3 Å². The van der Waals surface area contributed by atoms with E-state index < -0.39 is 4.92 Å². The van der Waals surface area contributed by atoms with Crippen LogP contribution in [0, 0.1) is 10.1 Å². The molecule has 2 aromatic rings. The van der Waals surface area contributed by atoms with Gasteiger partial charge in [-0.05, 0) is 29.2 Å². The van der Waals surface area contributed by atoms with E-state index in [2.05, 4.69) is 10.2 Å². The lowest BCUT2D eigenvalue weighted by atomic mass is 9.87. The molecular weight excluding hydrogens is 353 g/mol. The predicted octanol–water partition coefficient (Wildman–Crippen LogP) is 6.32. The normalized spacial score (nSPS) is 11.9. The SMILES string of the molecule is CC(C)(C)c1ccc(O)c(N=Nc2c(Cl)cc(Cl)cc2[N+](=O)[O-])c1. The minimum atomic E-state index is -0.641. The van der Waals surface area contributed by atoms with Crippen molar-refractivity contribution >= 4 is 40.3 Å². The maximum atomic E-state index is 11.1. The molecule has 8 heteroatoms. The molecular formula is C16H15Cl2N3O3. The van der Waals surface area contributed by atoms with Crippen molar-refractivity contribution < 1.29 is 10.0 Å². The van der Waals surface area contributed by atoms with Crippen LogP contribution in [0.2, 0.25) is 10.0 Å². The number of azo groups is 1. The third kappa shape index (κ3) is 4.01. The van der Waals surface area contributed by atoms with Gasteiger partial charge in [0, 0.05) is 11.1 Å². The summed E-state index contributed by atoms with van der Waals surface area (Å²) in [6.45, 7) is 6.05. The molecule has 0 spiro atoms. The van der Waals surface area contributed by atoms with Crippen LogP contribution in [-0.2, 0) is 5.41 Å². The first-order valence-electron chi connectivity index (χ1n) is 6.98. The minimum absolute atomic E-state index is 0.00409. The summed E-state index contributed by atoms with van der Waals surface area (Å²) < 4.78 is 0. The summed E-state index contributed by atoms with van der Waals surface area (Å²) in [6.07, 6.45) is 0. The van der Waals surface area contributed by atoms with Gasteiger partial charge >= 0.3 is 0 Å². The molecule has 0 fully saturated rings. The summed E-state index contributed by atoms with van der Waals surface area (Å²) in [5.41, 5.74) is 0.505. The molecule has 126 valence electrons. The topological polar surface area (TPSA) is 88.1 Å².